The van der Waals surface area contributed by atoms with E-state index in [9.17, 15) is 5.26 Å². The van der Waals surface area contributed by atoms with Crippen LogP contribution in [0, 0.1) is 18.3 Å². The smallest absolute Gasteiger partial charge is 0.157 e. The summed E-state index contributed by atoms with van der Waals surface area (Å²) < 4.78 is 1.82. The zero-order chi connectivity index (χ0) is 12.0. The Bertz CT molecular complexity index is 777. The van der Waals surface area contributed by atoms with E-state index in [0.717, 1.165) is 16.6 Å². The first-order valence-corrected chi connectivity index (χ1v) is 5.29. The predicted octanol–water partition coefficient (Wildman–Crippen LogP) is 2.25. The summed E-state index contributed by atoms with van der Waals surface area (Å²) in [6.45, 7) is 1.87. The number of rotatable bonds is 0. The summed E-state index contributed by atoms with van der Waals surface area (Å²) in [5.74, 6) is 0.602. The highest BCUT2D eigenvalue weighted by Crippen LogP contribution is 2.24. The van der Waals surface area contributed by atoms with Gasteiger partial charge in [-0.05, 0) is 30.7 Å². The minimum atomic E-state index is 0.579. The Morgan fingerprint density at radius 2 is 2.12 bits per heavy atom. The summed E-state index contributed by atoms with van der Waals surface area (Å²) in [7, 11) is 0. The molecule has 0 aliphatic carbocycles. The number of benzene rings is 1. The average molecular weight is 222 g/mol. The van der Waals surface area contributed by atoms with Crippen LogP contribution in [-0.2, 0) is 0 Å². The van der Waals surface area contributed by atoms with Gasteiger partial charge in [0.25, 0.3) is 0 Å². The minimum Gasteiger partial charge on any atom is -0.385 e. The van der Waals surface area contributed by atoms with Gasteiger partial charge < -0.3 is 5.73 Å². The van der Waals surface area contributed by atoms with E-state index in [4.69, 9.17) is 5.73 Å². The predicted molar refractivity (Wildman–Crippen MR) is 66.6 cm³/mol. The monoisotopic (exact) mass is 222 g/mol. The highest BCUT2D eigenvalue weighted by atomic mass is 15.1. The molecule has 0 spiro atoms. The van der Waals surface area contributed by atoms with Crippen LogP contribution >= 0.6 is 0 Å². The molecule has 0 amide bonds. The summed E-state index contributed by atoms with van der Waals surface area (Å²) >= 11 is 0. The van der Waals surface area contributed by atoms with E-state index in [0.29, 0.717) is 17.0 Å². The van der Waals surface area contributed by atoms with Gasteiger partial charge in [-0.15, -0.1) is 0 Å². The molecule has 82 valence electrons. The van der Waals surface area contributed by atoms with Gasteiger partial charge >= 0.3 is 0 Å². The van der Waals surface area contributed by atoms with Gasteiger partial charge in [0.15, 0.2) is 5.65 Å². The first-order valence-electron chi connectivity index (χ1n) is 5.29. The highest BCUT2D eigenvalue weighted by molar-refractivity contribution is 5.84. The summed E-state index contributed by atoms with van der Waals surface area (Å²) in [5.41, 5.74) is 9.84. The van der Waals surface area contributed by atoms with Crippen molar-refractivity contribution in [3.05, 3.63) is 41.5 Å². The maximum atomic E-state index is 9.19. The number of imidazole rings is 1. The first kappa shape index (κ1) is 9.67. The number of para-hydroxylation sites is 2. The molecule has 0 aliphatic heterocycles. The van der Waals surface area contributed by atoms with Gasteiger partial charge in [-0.1, -0.05) is 12.1 Å². The number of nitrogen functional groups attached to an aromatic ring is 1. The number of nitriles is 1. The van der Waals surface area contributed by atoms with E-state index in [-0.39, 0.29) is 0 Å². The van der Waals surface area contributed by atoms with E-state index < -0.39 is 0 Å². The fraction of sp³-hybridized carbons (Fsp3) is 0.0769. The van der Waals surface area contributed by atoms with Gasteiger partial charge in [0.05, 0.1) is 16.6 Å². The quantitative estimate of drug-likeness (QED) is 0.634. The van der Waals surface area contributed by atoms with E-state index in [1.54, 1.807) is 6.07 Å². The molecule has 3 aromatic rings. The third-order valence-electron chi connectivity index (χ3n) is 2.91. The van der Waals surface area contributed by atoms with Crippen LogP contribution in [0.15, 0.2) is 30.3 Å². The highest BCUT2D eigenvalue weighted by Gasteiger charge is 2.12. The van der Waals surface area contributed by atoms with E-state index in [1.165, 1.54) is 0 Å². The van der Waals surface area contributed by atoms with Gasteiger partial charge in [0.1, 0.15) is 11.9 Å². The van der Waals surface area contributed by atoms with Crippen molar-refractivity contribution in [2.45, 2.75) is 6.92 Å². The molecular weight excluding hydrogens is 212 g/mol. The Hall–Kier alpha value is -2.54. The maximum absolute atomic E-state index is 9.19. The van der Waals surface area contributed by atoms with Crippen LogP contribution in [-0.4, -0.2) is 9.38 Å². The molecule has 3 rings (SSSR count). The number of pyridine rings is 1. The number of nitrogens with two attached hydrogens (primary N) is 1. The van der Waals surface area contributed by atoms with Crippen LogP contribution < -0.4 is 5.73 Å². The summed E-state index contributed by atoms with van der Waals surface area (Å²) in [6, 6.07) is 11.7. The van der Waals surface area contributed by atoms with Crippen molar-refractivity contribution >= 4 is 22.5 Å². The topological polar surface area (TPSA) is 67.1 Å². The number of aryl methyl sites for hydroxylation is 1. The molecular formula is C13H10N4. The average Bonchev–Trinajstić information content (AvgIpc) is 2.68. The summed E-state index contributed by atoms with van der Waals surface area (Å²) in [6.07, 6.45) is 0. The fourth-order valence-electron chi connectivity index (χ4n) is 2.13. The Labute approximate surface area is 97.9 Å². The lowest BCUT2D eigenvalue weighted by molar-refractivity contribution is 1.20. The first-order chi connectivity index (χ1) is 8.22. The van der Waals surface area contributed by atoms with Crippen LogP contribution in [0.25, 0.3) is 16.7 Å². The standard InChI is InChI=1S/C13H10N4/c1-8-6-12(15)17-11-5-3-2-4-10(11)16-13(17)9(8)7-14/h2-6H,15H2,1H3. The van der Waals surface area contributed by atoms with Crippen LogP contribution in [0.2, 0.25) is 0 Å². The molecule has 0 bridgehead atoms. The second-order valence-electron chi connectivity index (χ2n) is 4.00. The van der Waals surface area contributed by atoms with Crippen LogP contribution in [0.5, 0.6) is 0 Å². The molecule has 2 heterocycles. The van der Waals surface area contributed by atoms with E-state index in [1.807, 2.05) is 35.6 Å². The van der Waals surface area contributed by atoms with Gasteiger partial charge in [-0.25, -0.2) is 4.98 Å². The molecule has 0 saturated carbocycles. The number of anilines is 1. The van der Waals surface area contributed by atoms with Crippen molar-refractivity contribution in [2.24, 2.45) is 0 Å². The normalized spacial score (nSPS) is 10.8. The van der Waals surface area contributed by atoms with Gasteiger partial charge in [0, 0.05) is 0 Å². The second-order valence-corrected chi connectivity index (χ2v) is 4.00. The molecule has 0 radical (unpaired) electrons. The largest absolute Gasteiger partial charge is 0.385 e. The number of nitrogens with zero attached hydrogens (tertiary/aromatic N) is 3. The maximum Gasteiger partial charge on any atom is 0.157 e. The molecule has 1 aromatic carbocycles. The van der Waals surface area contributed by atoms with Crippen LogP contribution in [0.1, 0.15) is 11.1 Å². The van der Waals surface area contributed by atoms with E-state index in [2.05, 4.69) is 11.1 Å². The molecule has 4 heteroatoms. The van der Waals surface area contributed by atoms with Gasteiger partial charge in [-0.3, -0.25) is 4.40 Å². The lowest BCUT2D eigenvalue weighted by Crippen LogP contribution is -2.00. The molecule has 2 N–H and O–H groups in total. The summed E-state index contributed by atoms with van der Waals surface area (Å²) in [4.78, 5) is 4.47. The Kier molecular flexibility index (Phi) is 1.83. The summed E-state index contributed by atoms with van der Waals surface area (Å²) in [5, 5.41) is 9.19. The van der Waals surface area contributed by atoms with E-state index >= 15 is 0 Å². The van der Waals surface area contributed by atoms with Crippen molar-refractivity contribution in [1.82, 2.24) is 9.38 Å². The minimum absolute atomic E-state index is 0.579. The van der Waals surface area contributed by atoms with Crippen LogP contribution in [0.3, 0.4) is 0 Å². The molecule has 0 unspecified atom stereocenters. The molecule has 0 aliphatic rings. The van der Waals surface area contributed by atoms with Gasteiger partial charge in [0.2, 0.25) is 0 Å². The third-order valence-corrected chi connectivity index (χ3v) is 2.91. The van der Waals surface area contributed by atoms with Crippen molar-refractivity contribution in [2.75, 3.05) is 5.73 Å². The number of hydrogen-bond acceptors (Lipinski definition) is 3. The Balaban J connectivity index is 2.65. The lowest BCUT2D eigenvalue weighted by atomic mass is 10.1. The molecule has 0 atom stereocenters. The van der Waals surface area contributed by atoms with Crippen LogP contribution in [0.4, 0.5) is 5.82 Å². The Morgan fingerprint density at radius 3 is 2.88 bits per heavy atom. The van der Waals surface area contributed by atoms with Crippen molar-refractivity contribution in [3.8, 4) is 6.07 Å². The molecule has 0 fully saturated rings. The number of fused-ring (bicyclic) bond motifs is 3. The third kappa shape index (κ3) is 1.20. The second kappa shape index (κ2) is 3.22. The van der Waals surface area contributed by atoms with Crippen molar-refractivity contribution in [3.63, 3.8) is 0 Å². The SMILES string of the molecule is Cc1cc(N)n2c(nc3ccccc32)c1C#N. The lowest BCUT2D eigenvalue weighted by Gasteiger charge is -2.05. The molecule has 2 aromatic heterocycles. The molecule has 4 nitrogen and oxygen atoms in total. The molecule has 0 saturated heterocycles. The van der Waals surface area contributed by atoms with Crippen molar-refractivity contribution in [1.29, 1.82) is 5.26 Å². The number of hydrogen-bond donors (Lipinski definition) is 1. The zero-order valence-corrected chi connectivity index (χ0v) is 9.31. The zero-order valence-electron chi connectivity index (χ0n) is 9.31. The van der Waals surface area contributed by atoms with Crippen molar-refractivity contribution < 1.29 is 0 Å². The number of aromatic nitrogens is 2. The molecule has 17 heavy (non-hydrogen) atoms. The fourth-order valence-corrected chi connectivity index (χ4v) is 2.13. The van der Waals surface area contributed by atoms with Gasteiger partial charge in [-0.2, -0.15) is 5.26 Å². The Morgan fingerprint density at radius 1 is 1.35 bits per heavy atom.